The van der Waals surface area contributed by atoms with E-state index in [-0.39, 0.29) is 5.91 Å². The third kappa shape index (κ3) is 5.24. The second-order valence-corrected chi connectivity index (χ2v) is 5.35. The predicted octanol–water partition coefficient (Wildman–Crippen LogP) is 2.86. The Balaban J connectivity index is 1.71. The Hall–Kier alpha value is -2.39. The SMILES string of the molecule is N#Cc1cccc(NC(=O)CCCSc2cnccn2)c1. The zero-order valence-corrected chi connectivity index (χ0v) is 12.1. The highest BCUT2D eigenvalue weighted by atomic mass is 32.2. The summed E-state index contributed by atoms with van der Waals surface area (Å²) in [6.45, 7) is 0. The fraction of sp³-hybridized carbons (Fsp3) is 0.200. The first-order valence-electron chi connectivity index (χ1n) is 6.47. The number of carbonyl (C=O) groups excluding carboxylic acids is 1. The van der Waals surface area contributed by atoms with Gasteiger partial charge in [-0.3, -0.25) is 9.78 Å². The van der Waals surface area contributed by atoms with Crippen molar-refractivity contribution in [2.24, 2.45) is 0 Å². The molecular weight excluding hydrogens is 284 g/mol. The van der Waals surface area contributed by atoms with Crippen molar-refractivity contribution in [3.8, 4) is 6.07 Å². The Morgan fingerprint density at radius 1 is 1.38 bits per heavy atom. The molecule has 0 radical (unpaired) electrons. The van der Waals surface area contributed by atoms with Crippen molar-refractivity contribution in [1.82, 2.24) is 9.97 Å². The molecule has 0 atom stereocenters. The van der Waals surface area contributed by atoms with Crippen LogP contribution in [0, 0.1) is 11.3 Å². The van der Waals surface area contributed by atoms with Crippen molar-refractivity contribution >= 4 is 23.4 Å². The average Bonchev–Trinajstić information content (AvgIpc) is 2.53. The minimum Gasteiger partial charge on any atom is -0.326 e. The van der Waals surface area contributed by atoms with Crippen LogP contribution in [0.25, 0.3) is 0 Å². The number of rotatable bonds is 6. The summed E-state index contributed by atoms with van der Waals surface area (Å²) in [4.78, 5) is 19.9. The lowest BCUT2D eigenvalue weighted by Crippen LogP contribution is -2.11. The number of nitrogens with zero attached hydrogens (tertiary/aromatic N) is 3. The predicted molar refractivity (Wildman–Crippen MR) is 81.8 cm³/mol. The number of benzene rings is 1. The molecule has 1 N–H and O–H groups in total. The van der Waals surface area contributed by atoms with Gasteiger partial charge in [-0.05, 0) is 24.6 Å². The maximum atomic E-state index is 11.8. The average molecular weight is 298 g/mol. The molecule has 0 aliphatic rings. The zero-order chi connectivity index (χ0) is 14.9. The first-order valence-corrected chi connectivity index (χ1v) is 7.45. The van der Waals surface area contributed by atoms with Crippen LogP contribution in [0.1, 0.15) is 18.4 Å². The number of aromatic nitrogens is 2. The maximum absolute atomic E-state index is 11.8. The Bertz CT molecular complexity index is 640. The molecule has 106 valence electrons. The van der Waals surface area contributed by atoms with Gasteiger partial charge in [0.15, 0.2) is 0 Å². The summed E-state index contributed by atoms with van der Waals surface area (Å²) in [5.74, 6) is 0.759. The summed E-state index contributed by atoms with van der Waals surface area (Å²) in [5.41, 5.74) is 1.19. The summed E-state index contributed by atoms with van der Waals surface area (Å²) < 4.78 is 0. The highest BCUT2D eigenvalue weighted by molar-refractivity contribution is 7.99. The molecule has 0 saturated carbocycles. The van der Waals surface area contributed by atoms with Crippen LogP contribution in [0.5, 0.6) is 0 Å². The highest BCUT2D eigenvalue weighted by Gasteiger charge is 2.03. The molecule has 2 rings (SSSR count). The summed E-state index contributed by atoms with van der Waals surface area (Å²) >= 11 is 1.58. The number of nitrogens with one attached hydrogen (secondary N) is 1. The molecule has 0 saturated heterocycles. The topological polar surface area (TPSA) is 78.7 Å². The lowest BCUT2D eigenvalue weighted by molar-refractivity contribution is -0.116. The normalized spacial score (nSPS) is 9.86. The van der Waals surface area contributed by atoms with Gasteiger partial charge in [-0.2, -0.15) is 5.26 Å². The van der Waals surface area contributed by atoms with Crippen LogP contribution in [0.15, 0.2) is 47.9 Å². The Labute approximate surface area is 127 Å². The number of carbonyl (C=O) groups is 1. The van der Waals surface area contributed by atoms with Gasteiger partial charge in [0.25, 0.3) is 0 Å². The number of hydrogen-bond donors (Lipinski definition) is 1. The quantitative estimate of drug-likeness (QED) is 0.655. The molecule has 0 spiro atoms. The molecule has 5 nitrogen and oxygen atoms in total. The van der Waals surface area contributed by atoms with E-state index in [9.17, 15) is 4.79 Å². The number of hydrogen-bond acceptors (Lipinski definition) is 5. The third-order valence-electron chi connectivity index (χ3n) is 2.61. The van der Waals surface area contributed by atoms with Crippen molar-refractivity contribution < 1.29 is 4.79 Å². The van der Waals surface area contributed by atoms with Crippen molar-refractivity contribution in [2.75, 3.05) is 11.1 Å². The third-order valence-corrected chi connectivity index (χ3v) is 3.61. The lowest BCUT2D eigenvalue weighted by Gasteiger charge is -2.05. The zero-order valence-electron chi connectivity index (χ0n) is 11.3. The van der Waals surface area contributed by atoms with E-state index in [4.69, 9.17) is 5.26 Å². The van der Waals surface area contributed by atoms with Crippen LogP contribution in [-0.2, 0) is 4.79 Å². The molecular formula is C15H14N4OS. The van der Waals surface area contributed by atoms with E-state index in [1.165, 1.54) is 0 Å². The van der Waals surface area contributed by atoms with E-state index >= 15 is 0 Å². The van der Waals surface area contributed by atoms with Gasteiger partial charge in [-0.25, -0.2) is 4.98 Å². The smallest absolute Gasteiger partial charge is 0.224 e. The molecule has 0 aliphatic heterocycles. The molecule has 0 fully saturated rings. The minimum atomic E-state index is -0.0511. The van der Waals surface area contributed by atoms with Crippen molar-refractivity contribution in [3.05, 3.63) is 48.4 Å². The van der Waals surface area contributed by atoms with E-state index in [0.717, 1.165) is 17.2 Å². The van der Waals surface area contributed by atoms with E-state index < -0.39 is 0 Å². The molecule has 0 aliphatic carbocycles. The van der Waals surface area contributed by atoms with Crippen molar-refractivity contribution in [2.45, 2.75) is 17.9 Å². The lowest BCUT2D eigenvalue weighted by atomic mass is 10.2. The molecule has 21 heavy (non-hydrogen) atoms. The largest absolute Gasteiger partial charge is 0.326 e. The molecule has 0 bridgehead atoms. The molecule has 6 heteroatoms. The summed E-state index contributed by atoms with van der Waals surface area (Å²) in [6.07, 6.45) is 6.18. The van der Waals surface area contributed by atoms with Crippen molar-refractivity contribution in [1.29, 1.82) is 5.26 Å². The van der Waals surface area contributed by atoms with Gasteiger partial charge in [0, 0.05) is 30.3 Å². The van der Waals surface area contributed by atoms with Gasteiger partial charge in [0.1, 0.15) is 5.03 Å². The van der Waals surface area contributed by atoms with Crippen LogP contribution in [0.3, 0.4) is 0 Å². The monoisotopic (exact) mass is 298 g/mol. The summed E-state index contributed by atoms with van der Waals surface area (Å²) in [7, 11) is 0. The first-order chi connectivity index (χ1) is 10.3. The van der Waals surface area contributed by atoms with Gasteiger partial charge >= 0.3 is 0 Å². The summed E-state index contributed by atoms with van der Waals surface area (Å²) in [6, 6.07) is 8.92. The van der Waals surface area contributed by atoms with E-state index in [0.29, 0.717) is 17.7 Å². The van der Waals surface area contributed by atoms with E-state index in [1.54, 1.807) is 54.6 Å². The Morgan fingerprint density at radius 2 is 2.29 bits per heavy atom. The first kappa shape index (κ1) is 15.0. The second-order valence-electron chi connectivity index (χ2n) is 4.24. The number of anilines is 1. The second kappa shape index (κ2) is 8.02. The van der Waals surface area contributed by atoms with Gasteiger partial charge in [0.2, 0.25) is 5.91 Å². The molecule has 1 heterocycles. The van der Waals surface area contributed by atoms with Crippen molar-refractivity contribution in [3.63, 3.8) is 0 Å². The standard InChI is InChI=1S/C15H14N4OS/c16-10-12-3-1-4-13(9-12)19-14(20)5-2-8-21-15-11-17-6-7-18-15/h1,3-4,6-7,9,11H,2,5,8H2,(H,19,20). The molecule has 1 amide bonds. The molecule has 0 unspecified atom stereocenters. The van der Waals surface area contributed by atoms with Crippen LogP contribution >= 0.6 is 11.8 Å². The van der Waals surface area contributed by atoms with Gasteiger partial charge in [-0.1, -0.05) is 6.07 Å². The van der Waals surface area contributed by atoms with Gasteiger partial charge < -0.3 is 5.32 Å². The van der Waals surface area contributed by atoms with Gasteiger partial charge in [-0.15, -0.1) is 11.8 Å². The van der Waals surface area contributed by atoms with Crippen LogP contribution in [0.4, 0.5) is 5.69 Å². The van der Waals surface area contributed by atoms with Crippen LogP contribution in [0.2, 0.25) is 0 Å². The Morgan fingerprint density at radius 3 is 3.05 bits per heavy atom. The number of thioether (sulfide) groups is 1. The molecule has 1 aromatic heterocycles. The molecule has 1 aromatic carbocycles. The van der Waals surface area contributed by atoms with E-state index in [2.05, 4.69) is 15.3 Å². The molecule has 2 aromatic rings. The highest BCUT2D eigenvalue weighted by Crippen LogP contribution is 2.15. The maximum Gasteiger partial charge on any atom is 0.224 e. The van der Waals surface area contributed by atoms with Gasteiger partial charge in [0.05, 0.1) is 17.8 Å². The minimum absolute atomic E-state index is 0.0511. The fourth-order valence-electron chi connectivity index (χ4n) is 1.66. The summed E-state index contributed by atoms with van der Waals surface area (Å²) in [5, 5.41) is 12.5. The fourth-order valence-corrected chi connectivity index (χ4v) is 2.43. The van der Waals surface area contributed by atoms with Crippen LogP contribution in [-0.4, -0.2) is 21.6 Å². The van der Waals surface area contributed by atoms with Crippen LogP contribution < -0.4 is 5.32 Å². The number of nitriles is 1. The van der Waals surface area contributed by atoms with E-state index in [1.807, 2.05) is 6.07 Å². The Kier molecular flexibility index (Phi) is 5.73. The number of amides is 1.